The van der Waals surface area contributed by atoms with Crippen molar-refractivity contribution in [3.8, 4) is 0 Å². The van der Waals surface area contributed by atoms with Gasteiger partial charge in [0.15, 0.2) is 0 Å². The number of aliphatic hydroxyl groups excluding tert-OH is 1. The van der Waals surface area contributed by atoms with E-state index in [1.165, 1.54) is 0 Å². The Balaban J connectivity index is 2.25. The van der Waals surface area contributed by atoms with E-state index in [0.717, 1.165) is 5.56 Å². The number of nitrogens with zero attached hydrogens (tertiary/aromatic N) is 3. The lowest BCUT2D eigenvalue weighted by molar-refractivity contribution is 0.265. The fourth-order valence-corrected chi connectivity index (χ4v) is 1.26. The Morgan fingerprint density at radius 1 is 1.50 bits per heavy atom. The average Bonchev–Trinajstić information content (AvgIpc) is 2.64. The molecule has 0 spiro atoms. The zero-order valence-electron chi connectivity index (χ0n) is 7.51. The van der Waals surface area contributed by atoms with E-state index in [1.54, 1.807) is 6.20 Å². The molecule has 0 saturated heterocycles. The van der Waals surface area contributed by atoms with Gasteiger partial charge in [-0.15, -0.1) is 5.10 Å². The normalized spacial score (nSPS) is 13.3. The molecular formula is C8H11N5O. The zero-order valence-corrected chi connectivity index (χ0v) is 7.51. The third-order valence-corrected chi connectivity index (χ3v) is 1.96. The summed E-state index contributed by atoms with van der Waals surface area (Å²) >= 11 is 0. The van der Waals surface area contributed by atoms with Gasteiger partial charge in [0, 0.05) is 12.2 Å². The Morgan fingerprint density at radius 3 is 3.14 bits per heavy atom. The molecule has 0 aliphatic carbocycles. The maximum absolute atomic E-state index is 8.79. The molecule has 0 fully saturated rings. The van der Waals surface area contributed by atoms with Crippen LogP contribution in [0.2, 0.25) is 0 Å². The van der Waals surface area contributed by atoms with Gasteiger partial charge >= 0.3 is 0 Å². The van der Waals surface area contributed by atoms with Crippen LogP contribution in [-0.2, 0) is 6.42 Å². The summed E-state index contributed by atoms with van der Waals surface area (Å²) in [5.74, 6) is 0. The SMILES string of the molecule is NC(CO)Cc1cnc2n[nH]nc2c1. The summed E-state index contributed by atoms with van der Waals surface area (Å²) in [6.07, 6.45) is 2.28. The van der Waals surface area contributed by atoms with Gasteiger partial charge in [-0.1, -0.05) is 0 Å². The summed E-state index contributed by atoms with van der Waals surface area (Å²) in [5, 5.41) is 19.0. The fraction of sp³-hybridized carbons (Fsp3) is 0.375. The molecule has 0 amide bonds. The van der Waals surface area contributed by atoms with Gasteiger partial charge in [-0.05, 0) is 18.1 Å². The Hall–Kier alpha value is -1.53. The molecular weight excluding hydrogens is 182 g/mol. The van der Waals surface area contributed by atoms with E-state index in [2.05, 4.69) is 20.4 Å². The molecule has 4 N–H and O–H groups in total. The topological polar surface area (TPSA) is 101 Å². The summed E-state index contributed by atoms with van der Waals surface area (Å²) in [6, 6.07) is 1.61. The molecule has 2 aromatic heterocycles. The van der Waals surface area contributed by atoms with Gasteiger partial charge in [-0.3, -0.25) is 0 Å². The van der Waals surface area contributed by atoms with Crippen LogP contribution in [0.5, 0.6) is 0 Å². The monoisotopic (exact) mass is 193 g/mol. The van der Waals surface area contributed by atoms with Gasteiger partial charge in [-0.2, -0.15) is 10.3 Å². The van der Waals surface area contributed by atoms with Crippen LogP contribution in [0.15, 0.2) is 12.3 Å². The largest absolute Gasteiger partial charge is 0.395 e. The second kappa shape index (κ2) is 3.69. The second-order valence-corrected chi connectivity index (χ2v) is 3.16. The first-order valence-corrected chi connectivity index (χ1v) is 4.31. The highest BCUT2D eigenvalue weighted by Gasteiger charge is 2.05. The lowest BCUT2D eigenvalue weighted by Gasteiger charge is -2.06. The molecule has 0 radical (unpaired) electrons. The number of aromatic amines is 1. The smallest absolute Gasteiger partial charge is 0.201 e. The first-order chi connectivity index (χ1) is 6.79. The van der Waals surface area contributed by atoms with Crippen molar-refractivity contribution < 1.29 is 5.11 Å². The van der Waals surface area contributed by atoms with Gasteiger partial charge in [-0.25, -0.2) is 4.98 Å². The molecule has 1 atom stereocenters. The predicted octanol–water partition coefficient (Wildman–Crippen LogP) is -0.785. The maximum Gasteiger partial charge on any atom is 0.201 e. The number of hydrogen-bond donors (Lipinski definition) is 3. The number of pyridine rings is 1. The van der Waals surface area contributed by atoms with E-state index in [9.17, 15) is 0 Å². The average molecular weight is 193 g/mol. The minimum Gasteiger partial charge on any atom is -0.395 e. The maximum atomic E-state index is 8.79. The lowest BCUT2D eigenvalue weighted by atomic mass is 10.1. The Morgan fingerprint density at radius 2 is 2.36 bits per heavy atom. The molecule has 0 aliphatic heterocycles. The first kappa shape index (κ1) is 9.04. The molecule has 0 aliphatic rings. The van der Waals surface area contributed by atoms with Gasteiger partial charge in [0.25, 0.3) is 0 Å². The van der Waals surface area contributed by atoms with E-state index >= 15 is 0 Å². The molecule has 14 heavy (non-hydrogen) atoms. The summed E-state index contributed by atoms with van der Waals surface area (Å²) in [6.45, 7) is -0.0309. The van der Waals surface area contributed by atoms with E-state index in [-0.39, 0.29) is 12.6 Å². The van der Waals surface area contributed by atoms with Crippen molar-refractivity contribution >= 4 is 11.2 Å². The number of nitrogens with two attached hydrogens (primary N) is 1. The minimum absolute atomic E-state index is 0.0309. The van der Waals surface area contributed by atoms with E-state index < -0.39 is 0 Å². The standard InChI is InChI=1S/C8H11N5O/c9-6(4-14)1-5-2-7-8(10-3-5)12-13-11-7/h2-3,6,14H,1,4,9H2,(H,10,11,12,13). The fourth-order valence-electron chi connectivity index (χ4n) is 1.26. The molecule has 1 unspecified atom stereocenters. The molecule has 0 bridgehead atoms. The van der Waals surface area contributed by atoms with E-state index in [1.807, 2.05) is 6.07 Å². The Bertz CT molecular complexity index is 426. The molecule has 6 heteroatoms. The molecule has 0 saturated carbocycles. The van der Waals surface area contributed by atoms with Crippen molar-refractivity contribution in [2.45, 2.75) is 12.5 Å². The van der Waals surface area contributed by atoms with Gasteiger partial charge < -0.3 is 10.8 Å². The number of H-pyrrole nitrogens is 1. The number of aliphatic hydroxyl groups is 1. The summed E-state index contributed by atoms with van der Waals surface area (Å²) in [4.78, 5) is 4.09. The third kappa shape index (κ3) is 1.70. The highest BCUT2D eigenvalue weighted by atomic mass is 16.3. The second-order valence-electron chi connectivity index (χ2n) is 3.16. The zero-order chi connectivity index (χ0) is 9.97. The van der Waals surface area contributed by atoms with Gasteiger partial charge in [0.2, 0.25) is 5.65 Å². The van der Waals surface area contributed by atoms with Crippen LogP contribution >= 0.6 is 0 Å². The highest BCUT2D eigenvalue weighted by molar-refractivity contribution is 5.68. The van der Waals surface area contributed by atoms with Crippen molar-refractivity contribution in [3.05, 3.63) is 17.8 Å². The molecule has 2 aromatic rings. The van der Waals surface area contributed by atoms with Crippen LogP contribution < -0.4 is 5.73 Å². The molecule has 0 aromatic carbocycles. The highest BCUT2D eigenvalue weighted by Crippen LogP contribution is 2.08. The van der Waals surface area contributed by atoms with E-state index in [4.69, 9.17) is 10.8 Å². The van der Waals surface area contributed by atoms with E-state index in [0.29, 0.717) is 17.6 Å². The summed E-state index contributed by atoms with van der Waals surface area (Å²) in [5.41, 5.74) is 7.86. The van der Waals surface area contributed by atoms with Crippen LogP contribution in [0.3, 0.4) is 0 Å². The van der Waals surface area contributed by atoms with Gasteiger partial charge in [0.05, 0.1) is 6.61 Å². The van der Waals surface area contributed by atoms with Crippen LogP contribution in [0.1, 0.15) is 5.56 Å². The first-order valence-electron chi connectivity index (χ1n) is 4.31. The van der Waals surface area contributed by atoms with Gasteiger partial charge in [0.1, 0.15) is 5.52 Å². The molecule has 2 rings (SSSR count). The number of fused-ring (bicyclic) bond motifs is 1. The minimum atomic E-state index is -0.249. The summed E-state index contributed by atoms with van der Waals surface area (Å²) in [7, 11) is 0. The number of rotatable bonds is 3. The third-order valence-electron chi connectivity index (χ3n) is 1.96. The molecule has 2 heterocycles. The van der Waals surface area contributed by atoms with Crippen molar-refractivity contribution in [2.24, 2.45) is 5.73 Å². The Labute approximate surface area is 80.1 Å². The molecule has 74 valence electrons. The van der Waals surface area contributed by atoms with Crippen LogP contribution in [-0.4, -0.2) is 38.1 Å². The van der Waals surface area contributed by atoms with Crippen molar-refractivity contribution in [1.82, 2.24) is 20.4 Å². The van der Waals surface area contributed by atoms with Crippen molar-refractivity contribution in [2.75, 3.05) is 6.61 Å². The van der Waals surface area contributed by atoms with Crippen LogP contribution in [0.25, 0.3) is 11.2 Å². The number of nitrogens with one attached hydrogen (secondary N) is 1. The molecule has 6 nitrogen and oxygen atoms in total. The van der Waals surface area contributed by atoms with Crippen molar-refractivity contribution in [1.29, 1.82) is 0 Å². The number of aromatic nitrogens is 4. The number of hydrogen-bond acceptors (Lipinski definition) is 5. The van der Waals surface area contributed by atoms with Crippen LogP contribution in [0, 0.1) is 0 Å². The summed E-state index contributed by atoms with van der Waals surface area (Å²) < 4.78 is 0. The lowest BCUT2D eigenvalue weighted by Crippen LogP contribution is -2.26. The quantitative estimate of drug-likeness (QED) is 0.593. The van der Waals surface area contributed by atoms with Crippen molar-refractivity contribution in [3.63, 3.8) is 0 Å². The predicted molar refractivity (Wildman–Crippen MR) is 50.4 cm³/mol. The van der Waals surface area contributed by atoms with Crippen LogP contribution in [0.4, 0.5) is 0 Å². The Kier molecular flexibility index (Phi) is 2.38.